The van der Waals surface area contributed by atoms with Crippen LogP contribution in [0.4, 0.5) is 0 Å². The van der Waals surface area contributed by atoms with Crippen molar-refractivity contribution in [2.45, 2.75) is 38.5 Å². The van der Waals surface area contributed by atoms with Crippen molar-refractivity contribution in [2.75, 3.05) is 33.7 Å². The lowest BCUT2D eigenvalue weighted by atomic mass is 10.1. The van der Waals surface area contributed by atoms with Gasteiger partial charge in [-0.3, -0.25) is 4.79 Å². The number of amides is 1. The molecule has 0 fully saturated rings. The first-order valence-corrected chi connectivity index (χ1v) is 6.28. The van der Waals surface area contributed by atoms with Gasteiger partial charge in [-0.05, 0) is 46.4 Å². The zero-order valence-electron chi connectivity index (χ0n) is 11.6. The molecule has 0 unspecified atom stereocenters. The van der Waals surface area contributed by atoms with E-state index in [1.807, 2.05) is 14.1 Å². The topological polar surface area (TPSA) is 58.4 Å². The SMILES string of the molecule is CN(C)CCCNC(=O)CCCCCCN.Cl.Cl. The van der Waals surface area contributed by atoms with Crippen molar-refractivity contribution in [1.29, 1.82) is 0 Å². The van der Waals surface area contributed by atoms with Crippen LogP contribution >= 0.6 is 24.8 Å². The maximum absolute atomic E-state index is 11.4. The van der Waals surface area contributed by atoms with E-state index >= 15 is 0 Å². The molecule has 0 aliphatic rings. The highest BCUT2D eigenvalue weighted by atomic mass is 35.5. The maximum Gasteiger partial charge on any atom is 0.219 e. The second kappa shape index (κ2) is 17.0. The molecule has 6 heteroatoms. The third-order valence-electron chi connectivity index (χ3n) is 2.46. The van der Waals surface area contributed by atoms with E-state index in [-0.39, 0.29) is 30.7 Å². The molecule has 0 atom stereocenters. The number of carbonyl (C=O) groups excluding carboxylic acids is 1. The second-order valence-electron chi connectivity index (χ2n) is 4.46. The Balaban J connectivity index is -0.00000112. The minimum atomic E-state index is 0. The Bertz CT molecular complexity index is 181. The Kier molecular flexibility index (Phi) is 21.8. The molecule has 0 spiro atoms. The first-order chi connectivity index (χ1) is 7.66. The lowest BCUT2D eigenvalue weighted by Gasteiger charge is -2.09. The smallest absolute Gasteiger partial charge is 0.219 e. The van der Waals surface area contributed by atoms with Crippen molar-refractivity contribution in [3.8, 4) is 0 Å². The molecule has 0 radical (unpaired) electrons. The summed E-state index contributed by atoms with van der Waals surface area (Å²) in [5.74, 6) is 0.187. The van der Waals surface area contributed by atoms with Gasteiger partial charge in [0.1, 0.15) is 0 Å². The molecular weight excluding hydrogens is 273 g/mol. The molecule has 0 aliphatic carbocycles. The number of unbranched alkanes of at least 4 members (excludes halogenated alkanes) is 3. The fourth-order valence-corrected chi connectivity index (χ4v) is 1.49. The normalized spacial score (nSPS) is 9.56. The van der Waals surface area contributed by atoms with Gasteiger partial charge >= 0.3 is 0 Å². The Morgan fingerprint density at radius 2 is 1.67 bits per heavy atom. The van der Waals surface area contributed by atoms with Crippen LogP contribution in [0.25, 0.3) is 0 Å². The van der Waals surface area contributed by atoms with Gasteiger partial charge in [0.25, 0.3) is 0 Å². The van der Waals surface area contributed by atoms with E-state index in [1.165, 1.54) is 0 Å². The molecular formula is C12H29Cl2N3O. The van der Waals surface area contributed by atoms with E-state index in [9.17, 15) is 4.79 Å². The van der Waals surface area contributed by atoms with E-state index in [4.69, 9.17) is 5.73 Å². The number of carbonyl (C=O) groups is 1. The molecule has 4 nitrogen and oxygen atoms in total. The summed E-state index contributed by atoms with van der Waals surface area (Å²) in [5.41, 5.74) is 5.39. The van der Waals surface area contributed by atoms with E-state index in [2.05, 4.69) is 10.2 Å². The van der Waals surface area contributed by atoms with Gasteiger partial charge in [0, 0.05) is 13.0 Å². The lowest BCUT2D eigenvalue weighted by molar-refractivity contribution is -0.121. The zero-order valence-corrected chi connectivity index (χ0v) is 13.2. The molecule has 0 rings (SSSR count). The minimum absolute atomic E-state index is 0. The molecule has 1 amide bonds. The molecule has 18 heavy (non-hydrogen) atoms. The average Bonchev–Trinajstić information content (AvgIpc) is 2.24. The van der Waals surface area contributed by atoms with Crippen LogP contribution in [0.2, 0.25) is 0 Å². The van der Waals surface area contributed by atoms with Gasteiger partial charge in [-0.25, -0.2) is 0 Å². The van der Waals surface area contributed by atoms with Crippen LogP contribution in [0.15, 0.2) is 0 Å². The fourth-order valence-electron chi connectivity index (χ4n) is 1.49. The summed E-state index contributed by atoms with van der Waals surface area (Å²) < 4.78 is 0. The van der Waals surface area contributed by atoms with Crippen molar-refractivity contribution in [1.82, 2.24) is 10.2 Å². The first kappa shape index (κ1) is 23.1. The van der Waals surface area contributed by atoms with Crippen LogP contribution in [-0.4, -0.2) is 44.5 Å². The van der Waals surface area contributed by atoms with Crippen LogP contribution in [0.1, 0.15) is 38.5 Å². The highest BCUT2D eigenvalue weighted by Crippen LogP contribution is 2.01. The van der Waals surface area contributed by atoms with Crippen LogP contribution < -0.4 is 11.1 Å². The minimum Gasteiger partial charge on any atom is -0.356 e. The molecule has 112 valence electrons. The standard InChI is InChI=1S/C12H27N3O.2ClH/c1-15(2)11-7-10-14-12(16)8-5-3-4-6-9-13;;/h3-11,13H2,1-2H3,(H,14,16);2*1H. The molecule has 0 aromatic heterocycles. The number of nitrogens with zero attached hydrogens (tertiary/aromatic N) is 1. The van der Waals surface area contributed by atoms with Crippen molar-refractivity contribution in [3.63, 3.8) is 0 Å². The highest BCUT2D eigenvalue weighted by molar-refractivity contribution is 5.85. The molecule has 0 aliphatic heterocycles. The summed E-state index contributed by atoms with van der Waals surface area (Å²) in [4.78, 5) is 13.5. The van der Waals surface area contributed by atoms with Crippen molar-refractivity contribution >= 4 is 30.7 Å². The summed E-state index contributed by atoms with van der Waals surface area (Å²) in [7, 11) is 4.08. The summed E-state index contributed by atoms with van der Waals surface area (Å²) >= 11 is 0. The maximum atomic E-state index is 11.4. The highest BCUT2D eigenvalue weighted by Gasteiger charge is 2.00. The predicted octanol–water partition coefficient (Wildman–Crippen LogP) is 1.81. The predicted molar refractivity (Wildman–Crippen MR) is 82.8 cm³/mol. The van der Waals surface area contributed by atoms with Crippen molar-refractivity contribution in [3.05, 3.63) is 0 Å². The number of halogens is 2. The summed E-state index contributed by atoms with van der Waals surface area (Å²) in [6.45, 7) is 2.58. The van der Waals surface area contributed by atoms with Crippen LogP contribution in [0.5, 0.6) is 0 Å². The van der Waals surface area contributed by atoms with E-state index < -0.39 is 0 Å². The molecule has 3 N–H and O–H groups in total. The Morgan fingerprint density at radius 3 is 2.22 bits per heavy atom. The van der Waals surface area contributed by atoms with Gasteiger partial charge in [0.15, 0.2) is 0 Å². The molecule has 0 heterocycles. The molecule has 0 saturated heterocycles. The molecule has 0 aromatic carbocycles. The van der Waals surface area contributed by atoms with Crippen molar-refractivity contribution in [2.24, 2.45) is 5.73 Å². The van der Waals surface area contributed by atoms with E-state index in [0.29, 0.717) is 6.42 Å². The third-order valence-corrected chi connectivity index (χ3v) is 2.46. The molecule has 0 saturated carbocycles. The summed E-state index contributed by atoms with van der Waals surface area (Å²) in [5, 5.41) is 2.94. The average molecular weight is 302 g/mol. The zero-order chi connectivity index (χ0) is 12.2. The van der Waals surface area contributed by atoms with Gasteiger partial charge < -0.3 is 16.0 Å². The van der Waals surface area contributed by atoms with Gasteiger partial charge in [-0.1, -0.05) is 12.8 Å². The van der Waals surface area contributed by atoms with Gasteiger partial charge in [-0.15, -0.1) is 24.8 Å². The van der Waals surface area contributed by atoms with Crippen LogP contribution in [-0.2, 0) is 4.79 Å². The van der Waals surface area contributed by atoms with E-state index in [1.54, 1.807) is 0 Å². The lowest BCUT2D eigenvalue weighted by Crippen LogP contribution is -2.26. The Morgan fingerprint density at radius 1 is 1.06 bits per heavy atom. The largest absolute Gasteiger partial charge is 0.356 e. The third kappa shape index (κ3) is 18.3. The second-order valence-corrected chi connectivity index (χ2v) is 4.46. The van der Waals surface area contributed by atoms with E-state index in [0.717, 1.165) is 51.7 Å². The fraction of sp³-hybridized carbons (Fsp3) is 0.917. The van der Waals surface area contributed by atoms with Gasteiger partial charge in [-0.2, -0.15) is 0 Å². The summed E-state index contributed by atoms with van der Waals surface area (Å²) in [6, 6.07) is 0. The Labute approximate surface area is 124 Å². The molecule has 0 aromatic rings. The number of hydrogen-bond donors (Lipinski definition) is 2. The summed E-state index contributed by atoms with van der Waals surface area (Å²) in [6.07, 6.45) is 6.00. The van der Waals surface area contributed by atoms with Gasteiger partial charge in [0.2, 0.25) is 5.91 Å². The molecule has 0 bridgehead atoms. The quantitative estimate of drug-likeness (QED) is 0.605. The van der Waals surface area contributed by atoms with Gasteiger partial charge in [0.05, 0.1) is 0 Å². The first-order valence-electron chi connectivity index (χ1n) is 6.28. The van der Waals surface area contributed by atoms with Crippen molar-refractivity contribution < 1.29 is 4.79 Å². The van der Waals surface area contributed by atoms with Crippen LogP contribution in [0.3, 0.4) is 0 Å². The van der Waals surface area contributed by atoms with Crippen LogP contribution in [0, 0.1) is 0 Å². The number of hydrogen-bond acceptors (Lipinski definition) is 3. The number of nitrogens with two attached hydrogens (primary N) is 1. The number of nitrogens with one attached hydrogen (secondary N) is 1. The monoisotopic (exact) mass is 301 g/mol. The Hall–Kier alpha value is -0.0300. The number of rotatable bonds is 10.